The van der Waals surface area contributed by atoms with Crippen LogP contribution >= 0.6 is 22.9 Å². The molecule has 1 aromatic heterocycles. The number of benzene rings is 2. The molecule has 0 radical (unpaired) electrons. The van der Waals surface area contributed by atoms with E-state index in [4.69, 9.17) is 11.6 Å². The van der Waals surface area contributed by atoms with Crippen LogP contribution in [0.25, 0.3) is 10.6 Å². The van der Waals surface area contributed by atoms with Crippen LogP contribution in [0.15, 0.2) is 48.5 Å². The molecular formula is C20H18ClF3N4O3S2. The lowest BCUT2D eigenvalue weighted by Gasteiger charge is -2.23. The Kier molecular flexibility index (Phi) is 7.60. The van der Waals surface area contributed by atoms with E-state index in [2.05, 4.69) is 15.5 Å². The van der Waals surface area contributed by atoms with Gasteiger partial charge >= 0.3 is 6.18 Å². The second-order valence-corrected chi connectivity index (χ2v) is 10.3. The first-order chi connectivity index (χ1) is 15.4. The smallest absolute Gasteiger partial charge is 0.301 e. The van der Waals surface area contributed by atoms with E-state index in [1.807, 2.05) is 0 Å². The van der Waals surface area contributed by atoms with Gasteiger partial charge in [0.25, 0.3) is 0 Å². The monoisotopic (exact) mass is 518 g/mol. The van der Waals surface area contributed by atoms with Gasteiger partial charge in [-0.15, -0.1) is 10.2 Å². The molecule has 176 valence electrons. The summed E-state index contributed by atoms with van der Waals surface area (Å²) in [4.78, 5) is 12.2. The Morgan fingerprint density at radius 2 is 1.85 bits per heavy atom. The number of amides is 1. The van der Waals surface area contributed by atoms with Gasteiger partial charge < -0.3 is 5.32 Å². The van der Waals surface area contributed by atoms with Crippen molar-refractivity contribution in [2.24, 2.45) is 0 Å². The molecule has 7 nitrogen and oxygen atoms in total. The highest BCUT2D eigenvalue weighted by Gasteiger charge is 2.31. The molecule has 0 aliphatic rings. The van der Waals surface area contributed by atoms with Gasteiger partial charge in [-0.05, 0) is 36.8 Å². The van der Waals surface area contributed by atoms with Crippen molar-refractivity contribution in [1.82, 2.24) is 10.2 Å². The topological polar surface area (TPSA) is 92.3 Å². The summed E-state index contributed by atoms with van der Waals surface area (Å²) in [5.41, 5.74) is -0.300. The standard InChI is InChI=1S/C20H18ClF3N4O3S2/c1-33(30,31)28(16-5-2-4-14(12-16)20(22,23)24)11-3-6-17(29)25-19-27-26-18(32-19)13-7-9-15(21)10-8-13/h2,4-5,7-10,12H,3,6,11H2,1H3,(H,25,27,29). The zero-order valence-electron chi connectivity index (χ0n) is 17.1. The summed E-state index contributed by atoms with van der Waals surface area (Å²) in [6.45, 7) is -0.167. The fourth-order valence-electron chi connectivity index (χ4n) is 2.87. The summed E-state index contributed by atoms with van der Waals surface area (Å²) >= 11 is 7.01. The number of carbonyl (C=O) groups is 1. The molecule has 1 heterocycles. The van der Waals surface area contributed by atoms with Gasteiger partial charge in [-0.3, -0.25) is 9.10 Å². The first-order valence-electron chi connectivity index (χ1n) is 9.48. The number of rotatable bonds is 8. The number of halogens is 4. The number of nitrogens with zero attached hydrogens (tertiary/aromatic N) is 3. The molecule has 0 saturated carbocycles. The van der Waals surface area contributed by atoms with Crippen LogP contribution in [0.3, 0.4) is 0 Å². The van der Waals surface area contributed by atoms with Crippen molar-refractivity contribution >= 4 is 49.7 Å². The number of aromatic nitrogens is 2. The van der Waals surface area contributed by atoms with Crippen LogP contribution in [0.2, 0.25) is 5.02 Å². The normalized spacial score (nSPS) is 11.9. The quantitative estimate of drug-likeness (QED) is 0.450. The minimum atomic E-state index is -4.61. The molecule has 0 aliphatic carbocycles. The molecular weight excluding hydrogens is 501 g/mol. The minimum absolute atomic E-state index is 0.0686. The molecule has 1 N–H and O–H groups in total. The summed E-state index contributed by atoms with van der Waals surface area (Å²) < 4.78 is 64.1. The van der Waals surface area contributed by atoms with Crippen molar-refractivity contribution in [2.45, 2.75) is 19.0 Å². The molecule has 13 heteroatoms. The van der Waals surface area contributed by atoms with Crippen molar-refractivity contribution in [1.29, 1.82) is 0 Å². The van der Waals surface area contributed by atoms with E-state index in [0.29, 0.717) is 10.0 Å². The molecule has 0 bridgehead atoms. The molecule has 0 atom stereocenters. The van der Waals surface area contributed by atoms with Gasteiger partial charge in [0, 0.05) is 23.6 Å². The van der Waals surface area contributed by atoms with E-state index < -0.39 is 27.7 Å². The number of nitrogens with one attached hydrogen (secondary N) is 1. The lowest BCUT2D eigenvalue weighted by molar-refractivity contribution is -0.137. The Labute approximate surface area is 197 Å². The molecule has 3 rings (SSSR count). The zero-order chi connectivity index (χ0) is 24.2. The number of anilines is 2. The number of hydrogen-bond donors (Lipinski definition) is 1. The molecule has 0 fully saturated rings. The number of hydrogen-bond acceptors (Lipinski definition) is 6. The third kappa shape index (κ3) is 6.89. The highest BCUT2D eigenvalue weighted by Crippen LogP contribution is 2.32. The zero-order valence-corrected chi connectivity index (χ0v) is 19.5. The summed E-state index contributed by atoms with van der Waals surface area (Å²) in [5.74, 6) is -0.425. The van der Waals surface area contributed by atoms with E-state index in [9.17, 15) is 26.4 Å². The Bertz CT molecular complexity index is 1230. The van der Waals surface area contributed by atoms with Crippen molar-refractivity contribution in [3.8, 4) is 10.6 Å². The number of carbonyl (C=O) groups excluding carboxylic acids is 1. The fraction of sp³-hybridized carbons (Fsp3) is 0.250. The van der Waals surface area contributed by atoms with E-state index in [-0.39, 0.29) is 30.2 Å². The molecule has 0 unspecified atom stereocenters. The number of alkyl halides is 3. The molecule has 2 aromatic carbocycles. The van der Waals surface area contributed by atoms with Gasteiger partial charge in [0.15, 0.2) is 0 Å². The molecule has 0 aliphatic heterocycles. The van der Waals surface area contributed by atoms with Crippen molar-refractivity contribution in [2.75, 3.05) is 22.4 Å². The van der Waals surface area contributed by atoms with Crippen LogP contribution in [0.5, 0.6) is 0 Å². The lowest BCUT2D eigenvalue weighted by Crippen LogP contribution is -2.31. The van der Waals surface area contributed by atoms with E-state index in [1.54, 1.807) is 24.3 Å². The summed E-state index contributed by atoms with van der Waals surface area (Å²) in [6, 6.07) is 11.0. The van der Waals surface area contributed by atoms with Crippen molar-refractivity contribution in [3.63, 3.8) is 0 Å². The minimum Gasteiger partial charge on any atom is -0.301 e. The maximum absolute atomic E-state index is 13.0. The molecule has 0 spiro atoms. The predicted molar refractivity (Wildman–Crippen MR) is 122 cm³/mol. The maximum atomic E-state index is 13.0. The van der Waals surface area contributed by atoms with Gasteiger partial charge in [-0.2, -0.15) is 13.2 Å². The van der Waals surface area contributed by atoms with Gasteiger partial charge in [0.05, 0.1) is 17.5 Å². The van der Waals surface area contributed by atoms with Crippen LogP contribution in [0.1, 0.15) is 18.4 Å². The van der Waals surface area contributed by atoms with Gasteiger partial charge in [0.1, 0.15) is 5.01 Å². The lowest BCUT2D eigenvalue weighted by atomic mass is 10.2. The molecule has 0 saturated heterocycles. The summed E-state index contributed by atoms with van der Waals surface area (Å²) in [5, 5.41) is 11.9. The first-order valence-corrected chi connectivity index (χ1v) is 12.5. The van der Waals surface area contributed by atoms with Crippen molar-refractivity contribution < 1.29 is 26.4 Å². The first kappa shape index (κ1) is 24.9. The second-order valence-electron chi connectivity index (χ2n) is 6.95. The fourth-order valence-corrected chi connectivity index (χ4v) is 4.72. The van der Waals surface area contributed by atoms with E-state index in [1.165, 1.54) is 6.07 Å². The highest BCUT2D eigenvalue weighted by molar-refractivity contribution is 7.92. The van der Waals surface area contributed by atoms with Gasteiger partial charge in [-0.25, -0.2) is 8.42 Å². The molecule has 1 amide bonds. The average Bonchev–Trinajstić information content (AvgIpc) is 3.18. The van der Waals surface area contributed by atoms with Gasteiger partial charge in [0.2, 0.25) is 21.1 Å². The number of sulfonamides is 1. The highest BCUT2D eigenvalue weighted by atomic mass is 35.5. The third-order valence-electron chi connectivity index (χ3n) is 4.39. The largest absolute Gasteiger partial charge is 0.416 e. The van der Waals surface area contributed by atoms with E-state index in [0.717, 1.165) is 45.7 Å². The predicted octanol–water partition coefficient (Wildman–Crippen LogP) is 5.06. The maximum Gasteiger partial charge on any atom is 0.416 e. The summed E-state index contributed by atoms with van der Waals surface area (Å²) in [7, 11) is -3.86. The van der Waals surface area contributed by atoms with E-state index >= 15 is 0 Å². The Balaban J connectivity index is 1.61. The Morgan fingerprint density at radius 1 is 1.15 bits per heavy atom. The van der Waals surface area contributed by atoms with Crippen LogP contribution < -0.4 is 9.62 Å². The third-order valence-corrected chi connectivity index (χ3v) is 6.72. The Hall–Kier alpha value is -2.70. The van der Waals surface area contributed by atoms with Crippen LogP contribution in [0.4, 0.5) is 24.0 Å². The SMILES string of the molecule is CS(=O)(=O)N(CCCC(=O)Nc1nnc(-c2ccc(Cl)cc2)s1)c1cccc(C(F)(F)F)c1. The molecule has 3 aromatic rings. The Morgan fingerprint density at radius 3 is 2.48 bits per heavy atom. The van der Waals surface area contributed by atoms with Gasteiger partial charge in [-0.1, -0.05) is 41.1 Å². The van der Waals surface area contributed by atoms with Crippen LogP contribution in [0, 0.1) is 0 Å². The summed E-state index contributed by atoms with van der Waals surface area (Å²) in [6.07, 6.45) is -3.70. The average molecular weight is 519 g/mol. The van der Waals surface area contributed by atoms with Crippen LogP contribution in [-0.2, 0) is 21.0 Å². The van der Waals surface area contributed by atoms with Crippen LogP contribution in [-0.4, -0.2) is 37.3 Å². The van der Waals surface area contributed by atoms with Crippen molar-refractivity contribution in [3.05, 3.63) is 59.1 Å². The second kappa shape index (κ2) is 10.1. The molecule has 33 heavy (non-hydrogen) atoms.